The first-order valence-electron chi connectivity index (χ1n) is 3.28. The molecule has 0 amide bonds. The summed E-state index contributed by atoms with van der Waals surface area (Å²) in [5.41, 5.74) is 5.11. The van der Waals surface area contributed by atoms with E-state index in [1.54, 1.807) is 0 Å². The zero-order valence-corrected chi connectivity index (χ0v) is 7.37. The van der Waals surface area contributed by atoms with E-state index in [1.807, 2.05) is 0 Å². The van der Waals surface area contributed by atoms with Crippen LogP contribution in [0.2, 0.25) is 0 Å². The lowest BCUT2D eigenvalue weighted by atomic mass is 10.4. The molecule has 0 rings (SSSR count). The maximum Gasteiger partial charge on any atom is 0.321 e. The summed E-state index contributed by atoms with van der Waals surface area (Å²) in [6.07, 6.45) is -1.07. The molecule has 0 heterocycles. The van der Waals surface area contributed by atoms with Crippen molar-refractivity contribution in [1.29, 1.82) is 0 Å². The van der Waals surface area contributed by atoms with E-state index in [4.69, 9.17) is 15.9 Å². The zero-order chi connectivity index (χ0) is 9.72. The van der Waals surface area contributed by atoms with E-state index in [2.05, 4.69) is 0 Å². The molecule has 0 aromatic heterocycles. The highest BCUT2D eigenvalue weighted by atomic mass is 32.2. The summed E-state index contributed by atoms with van der Waals surface area (Å²) in [5.74, 6) is -1.17. The second-order valence-electron chi connectivity index (χ2n) is 2.25. The predicted octanol–water partition coefficient (Wildman–Crippen LogP) is -0.961. The van der Waals surface area contributed by atoms with Crippen molar-refractivity contribution in [3.05, 3.63) is 0 Å². The minimum absolute atomic E-state index is 0.0148. The first kappa shape index (κ1) is 11.4. The number of aliphatic carboxylic acids is 1. The van der Waals surface area contributed by atoms with E-state index in [-0.39, 0.29) is 5.75 Å². The van der Waals surface area contributed by atoms with Gasteiger partial charge >= 0.3 is 5.97 Å². The van der Waals surface area contributed by atoms with Crippen LogP contribution in [0.3, 0.4) is 0 Å². The van der Waals surface area contributed by atoms with Gasteiger partial charge < -0.3 is 15.9 Å². The Morgan fingerprint density at radius 3 is 2.42 bits per heavy atom. The van der Waals surface area contributed by atoms with Crippen LogP contribution < -0.4 is 5.73 Å². The first-order valence-corrected chi connectivity index (χ1v) is 4.26. The highest BCUT2D eigenvalue weighted by Gasteiger charge is 2.16. The molecule has 5 nitrogen and oxygen atoms in total. The third kappa shape index (κ3) is 4.32. The van der Waals surface area contributed by atoms with Crippen LogP contribution in [0.5, 0.6) is 0 Å². The molecule has 0 aromatic carbocycles. The molecule has 4 N–H and O–H groups in total. The normalized spacial score (nSPS) is 15.2. The minimum Gasteiger partial charge on any atom is -0.480 e. The lowest BCUT2D eigenvalue weighted by Gasteiger charge is -2.05. The SMILES string of the molecule is CC(O)C(=O)SCC(N)C(=O)O. The van der Waals surface area contributed by atoms with Gasteiger partial charge in [-0.1, -0.05) is 11.8 Å². The Bertz CT molecular complexity index is 182. The largest absolute Gasteiger partial charge is 0.480 e. The minimum atomic E-state index is -1.15. The van der Waals surface area contributed by atoms with Crippen molar-refractivity contribution in [3.63, 3.8) is 0 Å². The molecule has 2 unspecified atom stereocenters. The number of nitrogens with two attached hydrogens (primary N) is 1. The van der Waals surface area contributed by atoms with Crippen molar-refractivity contribution < 1.29 is 19.8 Å². The molecule has 70 valence electrons. The van der Waals surface area contributed by atoms with Gasteiger partial charge in [-0.25, -0.2) is 0 Å². The summed E-state index contributed by atoms with van der Waals surface area (Å²) in [4.78, 5) is 20.9. The van der Waals surface area contributed by atoms with Crippen LogP contribution in [0.15, 0.2) is 0 Å². The van der Waals surface area contributed by atoms with Crippen molar-refractivity contribution in [2.75, 3.05) is 5.75 Å². The topological polar surface area (TPSA) is 101 Å². The molecule has 6 heteroatoms. The number of carboxylic acids is 1. The van der Waals surface area contributed by atoms with Gasteiger partial charge in [-0.15, -0.1) is 0 Å². The van der Waals surface area contributed by atoms with Crippen LogP contribution in [0, 0.1) is 0 Å². The molecule has 0 aliphatic heterocycles. The Balaban J connectivity index is 3.69. The lowest BCUT2D eigenvalue weighted by Crippen LogP contribution is -2.33. The monoisotopic (exact) mass is 193 g/mol. The fourth-order valence-corrected chi connectivity index (χ4v) is 1.09. The summed E-state index contributed by atoms with van der Waals surface area (Å²) in [6, 6.07) is -1.06. The summed E-state index contributed by atoms with van der Waals surface area (Å²) < 4.78 is 0. The Kier molecular flexibility index (Phi) is 4.87. The maximum atomic E-state index is 10.7. The molecule has 0 spiro atoms. The summed E-state index contributed by atoms with van der Waals surface area (Å²) in [5, 5.41) is 16.6. The number of hydrogen-bond donors (Lipinski definition) is 3. The predicted molar refractivity (Wildman–Crippen MR) is 44.8 cm³/mol. The molecule has 0 aliphatic rings. The van der Waals surface area contributed by atoms with Gasteiger partial charge in [0.1, 0.15) is 12.1 Å². The highest BCUT2D eigenvalue weighted by molar-refractivity contribution is 8.13. The smallest absolute Gasteiger partial charge is 0.321 e. The van der Waals surface area contributed by atoms with Gasteiger partial charge in [0.05, 0.1) is 0 Å². The van der Waals surface area contributed by atoms with Crippen molar-refractivity contribution in [1.82, 2.24) is 0 Å². The van der Waals surface area contributed by atoms with Gasteiger partial charge in [0.15, 0.2) is 0 Å². The highest BCUT2D eigenvalue weighted by Crippen LogP contribution is 2.06. The van der Waals surface area contributed by atoms with E-state index in [0.29, 0.717) is 0 Å². The van der Waals surface area contributed by atoms with Crippen molar-refractivity contribution >= 4 is 22.8 Å². The number of carboxylic acid groups (broad SMARTS) is 1. The van der Waals surface area contributed by atoms with Crippen LogP contribution in [-0.4, -0.2) is 39.2 Å². The van der Waals surface area contributed by atoms with Crippen LogP contribution in [0.25, 0.3) is 0 Å². The molecule has 0 saturated heterocycles. The average molecular weight is 193 g/mol. The fraction of sp³-hybridized carbons (Fsp3) is 0.667. The Morgan fingerprint density at radius 2 is 2.08 bits per heavy atom. The molecule has 0 aromatic rings. The van der Waals surface area contributed by atoms with Crippen LogP contribution in [0.1, 0.15) is 6.92 Å². The van der Waals surface area contributed by atoms with E-state index >= 15 is 0 Å². The van der Waals surface area contributed by atoms with E-state index in [0.717, 1.165) is 11.8 Å². The zero-order valence-electron chi connectivity index (χ0n) is 6.56. The van der Waals surface area contributed by atoms with E-state index in [1.165, 1.54) is 6.92 Å². The lowest BCUT2D eigenvalue weighted by molar-refractivity contribution is -0.137. The molecule has 2 atom stereocenters. The van der Waals surface area contributed by atoms with Gasteiger partial charge in [0.2, 0.25) is 5.12 Å². The van der Waals surface area contributed by atoms with Gasteiger partial charge in [-0.3, -0.25) is 9.59 Å². The number of aliphatic hydroxyl groups excluding tert-OH is 1. The number of hydrogen-bond acceptors (Lipinski definition) is 5. The fourth-order valence-electron chi connectivity index (χ4n) is 0.364. The number of thioether (sulfide) groups is 1. The summed E-state index contributed by atoms with van der Waals surface area (Å²) in [6.45, 7) is 1.32. The van der Waals surface area contributed by atoms with Gasteiger partial charge in [-0.2, -0.15) is 0 Å². The Labute approximate surface area is 73.9 Å². The average Bonchev–Trinajstić information content (AvgIpc) is 1.98. The van der Waals surface area contributed by atoms with Crippen LogP contribution in [0.4, 0.5) is 0 Å². The molecule has 0 aliphatic carbocycles. The van der Waals surface area contributed by atoms with Gasteiger partial charge in [0, 0.05) is 5.75 Å². The second-order valence-corrected chi connectivity index (χ2v) is 3.28. The Morgan fingerprint density at radius 1 is 1.58 bits per heavy atom. The first-order chi connectivity index (χ1) is 5.45. The molecule has 0 saturated carbocycles. The van der Waals surface area contributed by atoms with E-state index in [9.17, 15) is 9.59 Å². The number of rotatable bonds is 4. The van der Waals surface area contributed by atoms with Crippen molar-refractivity contribution in [2.24, 2.45) is 5.73 Å². The Hall–Kier alpha value is -0.590. The third-order valence-corrected chi connectivity index (χ3v) is 2.21. The van der Waals surface area contributed by atoms with Crippen LogP contribution in [-0.2, 0) is 9.59 Å². The summed E-state index contributed by atoms with van der Waals surface area (Å²) >= 11 is 0.726. The van der Waals surface area contributed by atoms with Crippen LogP contribution >= 0.6 is 11.8 Å². The molecular formula is C6H11NO4S. The standard InChI is InChI=1S/C6H11NO4S/c1-3(8)6(11)12-2-4(7)5(9)10/h3-4,8H,2,7H2,1H3,(H,9,10). The third-order valence-electron chi connectivity index (χ3n) is 1.06. The van der Waals surface area contributed by atoms with Gasteiger partial charge in [-0.05, 0) is 6.92 Å². The number of aliphatic hydroxyl groups is 1. The maximum absolute atomic E-state index is 10.7. The molecular weight excluding hydrogens is 182 g/mol. The summed E-state index contributed by atoms with van der Waals surface area (Å²) in [7, 11) is 0. The quantitative estimate of drug-likeness (QED) is 0.531. The molecule has 0 radical (unpaired) electrons. The van der Waals surface area contributed by atoms with Crippen molar-refractivity contribution in [3.8, 4) is 0 Å². The number of carbonyl (C=O) groups excluding carboxylic acids is 1. The van der Waals surface area contributed by atoms with E-state index < -0.39 is 23.2 Å². The molecule has 0 fully saturated rings. The molecule has 0 bridgehead atoms. The van der Waals surface area contributed by atoms with Gasteiger partial charge in [0.25, 0.3) is 0 Å². The number of carbonyl (C=O) groups is 2. The second kappa shape index (κ2) is 5.13. The van der Waals surface area contributed by atoms with Crippen molar-refractivity contribution in [2.45, 2.75) is 19.1 Å². The molecule has 12 heavy (non-hydrogen) atoms.